The predicted molar refractivity (Wildman–Crippen MR) is 76.9 cm³/mol. The molecule has 0 aromatic heterocycles. The molecule has 2 nitrogen and oxygen atoms in total. The van der Waals surface area contributed by atoms with E-state index in [1.165, 1.54) is 6.07 Å². The van der Waals surface area contributed by atoms with Crippen LogP contribution in [0.3, 0.4) is 0 Å². The van der Waals surface area contributed by atoms with Crippen molar-refractivity contribution in [1.29, 1.82) is 0 Å². The van der Waals surface area contributed by atoms with Gasteiger partial charge >= 0.3 is 6.61 Å². The molecule has 0 radical (unpaired) electrons. The zero-order valence-electron chi connectivity index (χ0n) is 10.2. The van der Waals surface area contributed by atoms with Crippen LogP contribution in [0.1, 0.15) is 5.56 Å². The van der Waals surface area contributed by atoms with Gasteiger partial charge in [0, 0.05) is 17.1 Å². The molecule has 2 aromatic carbocycles. The lowest BCUT2D eigenvalue weighted by Crippen LogP contribution is -2.07. The fourth-order valence-corrected chi connectivity index (χ4v) is 2.16. The molecule has 0 aliphatic heterocycles. The molecule has 0 bridgehead atoms. The third-order valence-electron chi connectivity index (χ3n) is 2.59. The number of alkyl halides is 2. The van der Waals surface area contributed by atoms with Crippen molar-refractivity contribution >= 4 is 28.9 Å². The highest BCUT2D eigenvalue weighted by Crippen LogP contribution is 2.27. The number of halogens is 4. The van der Waals surface area contributed by atoms with Crippen LogP contribution in [0.2, 0.25) is 10.0 Å². The zero-order valence-corrected chi connectivity index (χ0v) is 11.8. The van der Waals surface area contributed by atoms with Gasteiger partial charge in [-0.15, -0.1) is 0 Å². The minimum absolute atomic E-state index is 0.139. The Hall–Kier alpha value is -1.52. The number of ether oxygens (including phenoxy) is 1. The average molecular weight is 318 g/mol. The van der Waals surface area contributed by atoms with E-state index in [1.54, 1.807) is 36.4 Å². The second kappa shape index (κ2) is 6.77. The summed E-state index contributed by atoms with van der Waals surface area (Å²) in [5.41, 5.74) is 1.28. The van der Waals surface area contributed by atoms with Gasteiger partial charge in [0.25, 0.3) is 0 Å². The fourth-order valence-electron chi connectivity index (χ4n) is 1.68. The Morgan fingerprint density at radius 1 is 1.10 bits per heavy atom. The molecular formula is C14H11Cl2F2NO. The maximum absolute atomic E-state index is 12.3. The molecule has 0 atom stereocenters. The van der Waals surface area contributed by atoms with Crippen molar-refractivity contribution in [1.82, 2.24) is 0 Å². The number of benzene rings is 2. The van der Waals surface area contributed by atoms with E-state index in [1.807, 2.05) is 0 Å². The topological polar surface area (TPSA) is 21.3 Å². The second-order valence-electron chi connectivity index (χ2n) is 3.96. The van der Waals surface area contributed by atoms with Crippen molar-refractivity contribution in [3.05, 3.63) is 58.1 Å². The third kappa shape index (κ3) is 3.99. The molecule has 0 spiro atoms. The monoisotopic (exact) mass is 317 g/mol. The quantitative estimate of drug-likeness (QED) is 0.817. The van der Waals surface area contributed by atoms with Crippen molar-refractivity contribution in [2.24, 2.45) is 0 Å². The van der Waals surface area contributed by atoms with E-state index < -0.39 is 6.61 Å². The molecule has 2 aromatic rings. The Labute approximate surface area is 125 Å². The highest BCUT2D eigenvalue weighted by molar-refractivity contribution is 6.36. The Kier molecular flexibility index (Phi) is 5.04. The molecular weight excluding hydrogens is 307 g/mol. The largest absolute Gasteiger partial charge is 0.434 e. The number of anilines is 1. The first kappa shape index (κ1) is 14.9. The first-order chi connectivity index (χ1) is 9.56. The van der Waals surface area contributed by atoms with E-state index in [2.05, 4.69) is 10.1 Å². The highest BCUT2D eigenvalue weighted by atomic mass is 35.5. The van der Waals surface area contributed by atoms with Crippen LogP contribution < -0.4 is 10.1 Å². The Morgan fingerprint density at radius 2 is 1.85 bits per heavy atom. The summed E-state index contributed by atoms with van der Waals surface area (Å²) in [6, 6.07) is 11.6. The highest BCUT2D eigenvalue weighted by Gasteiger charge is 2.09. The summed E-state index contributed by atoms with van der Waals surface area (Å²) < 4.78 is 29.0. The van der Waals surface area contributed by atoms with Crippen LogP contribution >= 0.6 is 23.2 Å². The van der Waals surface area contributed by atoms with Crippen molar-refractivity contribution in [2.75, 3.05) is 5.32 Å². The van der Waals surface area contributed by atoms with Gasteiger partial charge in [-0.2, -0.15) is 8.78 Å². The van der Waals surface area contributed by atoms with Gasteiger partial charge < -0.3 is 10.1 Å². The van der Waals surface area contributed by atoms with Crippen LogP contribution in [0.4, 0.5) is 14.5 Å². The second-order valence-corrected chi connectivity index (χ2v) is 4.81. The molecule has 2 rings (SSSR count). The maximum atomic E-state index is 12.3. The van der Waals surface area contributed by atoms with Crippen LogP contribution in [-0.2, 0) is 6.54 Å². The SMILES string of the molecule is FC(F)Oc1ccccc1CNc1ccc(Cl)cc1Cl. The van der Waals surface area contributed by atoms with Gasteiger partial charge in [-0.1, -0.05) is 41.4 Å². The molecule has 0 amide bonds. The summed E-state index contributed by atoms with van der Waals surface area (Å²) in [6.45, 7) is -2.54. The minimum atomic E-state index is -2.85. The molecule has 0 aliphatic carbocycles. The van der Waals surface area contributed by atoms with E-state index in [0.29, 0.717) is 27.8 Å². The van der Waals surface area contributed by atoms with Gasteiger partial charge in [0.05, 0.1) is 10.7 Å². The van der Waals surface area contributed by atoms with Gasteiger partial charge in [0.1, 0.15) is 5.75 Å². The minimum Gasteiger partial charge on any atom is -0.434 e. The van der Waals surface area contributed by atoms with Gasteiger partial charge in [-0.05, 0) is 24.3 Å². The lowest BCUT2D eigenvalue weighted by atomic mass is 10.2. The Morgan fingerprint density at radius 3 is 2.55 bits per heavy atom. The van der Waals surface area contributed by atoms with Crippen LogP contribution in [0.25, 0.3) is 0 Å². The Bertz CT molecular complexity index is 593. The number of rotatable bonds is 5. The summed E-state index contributed by atoms with van der Waals surface area (Å²) in [6.07, 6.45) is 0. The van der Waals surface area contributed by atoms with Crippen molar-refractivity contribution in [2.45, 2.75) is 13.2 Å². The standard InChI is InChI=1S/C14H11Cl2F2NO/c15-10-5-6-12(11(16)7-10)19-8-9-3-1-2-4-13(9)20-14(17)18/h1-7,14,19H,8H2. The van der Waals surface area contributed by atoms with E-state index in [4.69, 9.17) is 23.2 Å². The number of para-hydroxylation sites is 1. The lowest BCUT2D eigenvalue weighted by molar-refractivity contribution is -0.0504. The van der Waals surface area contributed by atoms with Gasteiger partial charge in [0.15, 0.2) is 0 Å². The molecule has 106 valence electrons. The van der Waals surface area contributed by atoms with Crippen LogP contribution in [0.5, 0.6) is 5.75 Å². The van der Waals surface area contributed by atoms with Gasteiger partial charge in [-0.25, -0.2) is 0 Å². The molecule has 0 fully saturated rings. The lowest BCUT2D eigenvalue weighted by Gasteiger charge is -2.13. The van der Waals surface area contributed by atoms with Gasteiger partial charge in [-0.3, -0.25) is 0 Å². The van der Waals surface area contributed by atoms with E-state index >= 15 is 0 Å². The van der Waals surface area contributed by atoms with Crippen LogP contribution in [-0.4, -0.2) is 6.61 Å². The zero-order chi connectivity index (χ0) is 14.5. The number of hydrogen-bond acceptors (Lipinski definition) is 2. The summed E-state index contributed by atoms with van der Waals surface area (Å²) >= 11 is 11.8. The molecule has 0 saturated carbocycles. The van der Waals surface area contributed by atoms with Crippen LogP contribution in [0, 0.1) is 0 Å². The summed E-state index contributed by atoms with van der Waals surface area (Å²) in [7, 11) is 0. The van der Waals surface area contributed by atoms with E-state index in [0.717, 1.165) is 0 Å². The Balaban J connectivity index is 2.10. The first-order valence-corrected chi connectivity index (χ1v) is 6.53. The van der Waals surface area contributed by atoms with E-state index in [-0.39, 0.29) is 5.75 Å². The molecule has 1 N–H and O–H groups in total. The van der Waals surface area contributed by atoms with Crippen LogP contribution in [0.15, 0.2) is 42.5 Å². The average Bonchev–Trinajstić information content (AvgIpc) is 2.39. The normalized spacial score (nSPS) is 10.7. The first-order valence-electron chi connectivity index (χ1n) is 5.78. The fraction of sp³-hybridized carbons (Fsp3) is 0.143. The number of nitrogens with one attached hydrogen (secondary N) is 1. The van der Waals surface area contributed by atoms with Crippen molar-refractivity contribution in [3.8, 4) is 5.75 Å². The predicted octanol–water partition coefficient (Wildman–Crippen LogP) is 5.21. The summed E-state index contributed by atoms with van der Waals surface area (Å²) in [4.78, 5) is 0. The van der Waals surface area contributed by atoms with E-state index in [9.17, 15) is 8.78 Å². The number of hydrogen-bond donors (Lipinski definition) is 1. The summed E-state index contributed by atoms with van der Waals surface area (Å²) in [5, 5.41) is 4.05. The molecule has 0 heterocycles. The summed E-state index contributed by atoms with van der Waals surface area (Å²) in [5.74, 6) is 0.139. The maximum Gasteiger partial charge on any atom is 0.387 e. The molecule has 0 saturated heterocycles. The third-order valence-corrected chi connectivity index (χ3v) is 3.14. The van der Waals surface area contributed by atoms with Gasteiger partial charge in [0.2, 0.25) is 0 Å². The molecule has 6 heteroatoms. The molecule has 0 unspecified atom stereocenters. The smallest absolute Gasteiger partial charge is 0.387 e. The molecule has 20 heavy (non-hydrogen) atoms. The van der Waals surface area contributed by atoms with Crippen molar-refractivity contribution in [3.63, 3.8) is 0 Å². The molecule has 0 aliphatic rings. The van der Waals surface area contributed by atoms with Crippen molar-refractivity contribution < 1.29 is 13.5 Å².